The van der Waals surface area contributed by atoms with Gasteiger partial charge in [-0.2, -0.15) is 0 Å². The normalized spacial score (nSPS) is 15.1. The first-order chi connectivity index (χ1) is 14.6. The number of carboxylic acid groups (broad SMARTS) is 2. The molecule has 31 heavy (non-hydrogen) atoms. The Balaban J connectivity index is 1.82. The Kier molecular flexibility index (Phi) is 8.62. The van der Waals surface area contributed by atoms with E-state index in [9.17, 15) is 24.6 Å². The largest absolute Gasteiger partial charge is 0.507 e. The molecule has 2 rings (SSSR count). The van der Waals surface area contributed by atoms with Crippen LogP contribution in [0.3, 0.4) is 0 Å². The lowest BCUT2D eigenvalue weighted by Gasteiger charge is -2.39. The summed E-state index contributed by atoms with van der Waals surface area (Å²) in [7, 11) is -1.57. The van der Waals surface area contributed by atoms with E-state index in [4.69, 9.17) is 25.6 Å². The summed E-state index contributed by atoms with van der Waals surface area (Å²) in [6.07, 6.45) is -0.581. The maximum atomic E-state index is 11.6. The summed E-state index contributed by atoms with van der Waals surface area (Å²) in [5.41, 5.74) is 5.18. The van der Waals surface area contributed by atoms with Gasteiger partial charge in [0.2, 0.25) is 5.91 Å². The van der Waals surface area contributed by atoms with Crippen LogP contribution in [0, 0.1) is 0 Å². The zero-order valence-electron chi connectivity index (χ0n) is 16.7. The van der Waals surface area contributed by atoms with Crippen LogP contribution in [0.15, 0.2) is 12.1 Å². The van der Waals surface area contributed by atoms with Crippen molar-refractivity contribution in [2.24, 2.45) is 5.73 Å². The van der Waals surface area contributed by atoms with Gasteiger partial charge in [0.15, 0.2) is 0 Å². The number of aromatic carboxylic acids is 1. The van der Waals surface area contributed by atoms with Crippen molar-refractivity contribution in [2.75, 3.05) is 26.2 Å². The Labute approximate surface area is 178 Å². The Morgan fingerprint density at radius 1 is 1.26 bits per heavy atom. The van der Waals surface area contributed by atoms with Crippen LogP contribution in [0.4, 0.5) is 0 Å². The molecule has 1 saturated heterocycles. The number of likely N-dealkylation sites (tertiary alicyclic amines) is 1. The van der Waals surface area contributed by atoms with E-state index in [0.717, 1.165) is 0 Å². The molecule has 8 N–H and O–H groups in total. The Hall–Kier alpha value is -2.87. The second kappa shape index (κ2) is 11.0. The molecule has 0 spiro atoms. The van der Waals surface area contributed by atoms with Gasteiger partial charge < -0.3 is 41.2 Å². The summed E-state index contributed by atoms with van der Waals surface area (Å²) in [5, 5.41) is 48.8. The van der Waals surface area contributed by atoms with Gasteiger partial charge in [-0.3, -0.25) is 14.5 Å². The Bertz CT molecular complexity index is 815. The van der Waals surface area contributed by atoms with E-state index < -0.39 is 36.8 Å². The fourth-order valence-corrected chi connectivity index (χ4v) is 3.08. The molecule has 0 aromatic heterocycles. The second-order valence-corrected chi connectivity index (χ2v) is 7.27. The highest BCUT2D eigenvalue weighted by atomic mass is 16.5. The van der Waals surface area contributed by atoms with Gasteiger partial charge in [0.05, 0.1) is 6.42 Å². The standard InChI is InChI=1S/C18H26BN3O9/c20-12(17(25)26)7-14(23)21-5-6-22-8-11(9-22)31-13-2-1-10(3-4-19(29)30)16(24)15(13)18(27)28/h1-2,11-12,24,29-30H,3-9,20H2,(H,21,23)(H,25,26)(H,27,28)/t12-/m0/s1. The number of nitrogens with one attached hydrogen (secondary N) is 1. The fraction of sp³-hybridized carbons (Fsp3) is 0.500. The summed E-state index contributed by atoms with van der Waals surface area (Å²) < 4.78 is 5.69. The molecule has 170 valence electrons. The third-order valence-electron chi connectivity index (χ3n) is 4.80. The van der Waals surface area contributed by atoms with Crippen LogP contribution < -0.4 is 15.8 Å². The number of hydrogen-bond donors (Lipinski definition) is 7. The number of carboxylic acids is 2. The minimum Gasteiger partial charge on any atom is -0.507 e. The minimum absolute atomic E-state index is 0.0129. The maximum absolute atomic E-state index is 11.6. The third-order valence-corrected chi connectivity index (χ3v) is 4.80. The van der Waals surface area contributed by atoms with Gasteiger partial charge in [0.25, 0.3) is 0 Å². The Morgan fingerprint density at radius 2 is 1.94 bits per heavy atom. The lowest BCUT2D eigenvalue weighted by molar-refractivity contribution is -0.140. The van der Waals surface area contributed by atoms with Crippen LogP contribution in [0.5, 0.6) is 11.5 Å². The highest BCUT2D eigenvalue weighted by molar-refractivity contribution is 6.41. The van der Waals surface area contributed by atoms with Crippen molar-refractivity contribution in [3.8, 4) is 11.5 Å². The molecule has 1 amide bonds. The number of aromatic hydroxyl groups is 1. The first-order valence-electron chi connectivity index (χ1n) is 9.66. The third kappa shape index (κ3) is 7.10. The van der Waals surface area contributed by atoms with E-state index >= 15 is 0 Å². The number of aryl methyl sites for hydroxylation is 1. The molecule has 12 nitrogen and oxygen atoms in total. The molecule has 0 saturated carbocycles. The van der Waals surface area contributed by atoms with Gasteiger partial charge in [-0.05, 0) is 24.4 Å². The van der Waals surface area contributed by atoms with Gasteiger partial charge in [-0.25, -0.2) is 4.79 Å². The number of aliphatic carboxylic acids is 1. The number of amides is 1. The quantitative estimate of drug-likeness (QED) is 0.179. The molecule has 0 aliphatic carbocycles. The minimum atomic E-state index is -1.57. The lowest BCUT2D eigenvalue weighted by atomic mass is 9.82. The van der Waals surface area contributed by atoms with Crippen molar-refractivity contribution >= 4 is 25.0 Å². The predicted octanol–water partition coefficient (Wildman–Crippen LogP) is -1.91. The van der Waals surface area contributed by atoms with Gasteiger partial charge in [-0.15, -0.1) is 0 Å². The molecule has 13 heteroatoms. The summed E-state index contributed by atoms with van der Waals surface area (Å²) in [5.74, 6) is -3.53. The van der Waals surface area contributed by atoms with Crippen LogP contribution in [0.1, 0.15) is 22.3 Å². The van der Waals surface area contributed by atoms with Crippen molar-refractivity contribution in [3.63, 3.8) is 0 Å². The molecule has 0 bridgehead atoms. The van der Waals surface area contributed by atoms with E-state index in [1.54, 1.807) is 0 Å². The number of ether oxygens (including phenoxy) is 1. The van der Waals surface area contributed by atoms with E-state index in [1.165, 1.54) is 12.1 Å². The van der Waals surface area contributed by atoms with Crippen LogP contribution in [-0.2, 0) is 16.0 Å². The molecule has 1 heterocycles. The topological polar surface area (TPSA) is 203 Å². The number of carbonyl (C=O) groups is 3. The Morgan fingerprint density at radius 3 is 2.52 bits per heavy atom. The van der Waals surface area contributed by atoms with Crippen molar-refractivity contribution in [3.05, 3.63) is 23.3 Å². The fourth-order valence-electron chi connectivity index (χ4n) is 3.08. The van der Waals surface area contributed by atoms with E-state index in [0.29, 0.717) is 26.2 Å². The van der Waals surface area contributed by atoms with Gasteiger partial charge >= 0.3 is 19.1 Å². The van der Waals surface area contributed by atoms with Crippen LogP contribution in [-0.4, -0.2) is 93.6 Å². The monoisotopic (exact) mass is 439 g/mol. The molecule has 0 unspecified atom stereocenters. The first-order valence-corrected chi connectivity index (χ1v) is 9.66. The van der Waals surface area contributed by atoms with Gasteiger partial charge in [0.1, 0.15) is 29.2 Å². The van der Waals surface area contributed by atoms with E-state index in [-0.39, 0.29) is 42.1 Å². The van der Waals surface area contributed by atoms with Gasteiger partial charge in [0, 0.05) is 26.2 Å². The molecule has 1 aromatic rings. The summed E-state index contributed by atoms with van der Waals surface area (Å²) in [6.45, 7) is 1.74. The number of nitrogens with zero attached hydrogens (tertiary/aromatic N) is 1. The molecule has 1 atom stereocenters. The van der Waals surface area contributed by atoms with Crippen molar-refractivity contribution in [1.29, 1.82) is 0 Å². The molecule has 0 radical (unpaired) electrons. The zero-order valence-corrected chi connectivity index (χ0v) is 16.7. The first kappa shape index (κ1) is 24.4. The summed E-state index contributed by atoms with van der Waals surface area (Å²) in [4.78, 5) is 35.7. The molecule has 1 fully saturated rings. The smallest absolute Gasteiger partial charge is 0.451 e. The maximum Gasteiger partial charge on any atom is 0.451 e. The number of benzene rings is 1. The summed E-state index contributed by atoms with van der Waals surface area (Å²) in [6, 6.07) is 1.66. The van der Waals surface area contributed by atoms with Crippen LogP contribution in [0.2, 0.25) is 6.32 Å². The van der Waals surface area contributed by atoms with Crippen LogP contribution in [0.25, 0.3) is 0 Å². The number of carbonyl (C=O) groups excluding carboxylic acids is 1. The van der Waals surface area contributed by atoms with Gasteiger partial charge in [-0.1, -0.05) is 6.07 Å². The van der Waals surface area contributed by atoms with Crippen molar-refractivity contribution < 1.29 is 44.5 Å². The predicted molar refractivity (Wildman–Crippen MR) is 108 cm³/mol. The highest BCUT2D eigenvalue weighted by Crippen LogP contribution is 2.33. The van der Waals surface area contributed by atoms with E-state index in [2.05, 4.69) is 5.32 Å². The molecular formula is C18H26BN3O9. The van der Waals surface area contributed by atoms with Crippen molar-refractivity contribution in [2.45, 2.75) is 31.3 Å². The van der Waals surface area contributed by atoms with Crippen molar-refractivity contribution in [1.82, 2.24) is 10.2 Å². The number of nitrogens with two attached hydrogens (primary N) is 1. The molecule has 1 aliphatic rings. The number of rotatable bonds is 12. The zero-order chi connectivity index (χ0) is 23.1. The molecule has 1 aromatic carbocycles. The molecule has 1 aliphatic heterocycles. The average Bonchev–Trinajstić information content (AvgIpc) is 2.64. The van der Waals surface area contributed by atoms with Crippen LogP contribution >= 0.6 is 0 Å². The molecular weight excluding hydrogens is 413 g/mol. The number of phenols is 1. The SMILES string of the molecule is N[C@@H](CC(=O)NCCN1CC(Oc2ccc(CCB(O)O)c(O)c2C(=O)O)C1)C(=O)O. The average molecular weight is 439 g/mol. The highest BCUT2D eigenvalue weighted by Gasteiger charge is 2.30. The summed E-state index contributed by atoms with van der Waals surface area (Å²) >= 11 is 0. The van der Waals surface area contributed by atoms with E-state index in [1.807, 2.05) is 4.90 Å². The number of hydrogen-bond acceptors (Lipinski definition) is 9. The second-order valence-electron chi connectivity index (χ2n) is 7.27. The lowest BCUT2D eigenvalue weighted by Crippen LogP contribution is -2.55.